The Balaban J connectivity index is 2.45. The van der Waals surface area contributed by atoms with Crippen LogP contribution in [0.15, 0.2) is 24.4 Å². The van der Waals surface area contributed by atoms with E-state index in [2.05, 4.69) is 15.3 Å². The number of hydrogen-bond donors (Lipinski definition) is 1. The number of hydrogen-bond acceptors (Lipinski definition) is 4. The molecule has 6 heteroatoms. The highest BCUT2D eigenvalue weighted by atomic mass is 19.1. The maximum Gasteiger partial charge on any atom is 0.223 e. The van der Waals surface area contributed by atoms with Crippen molar-refractivity contribution in [1.82, 2.24) is 9.97 Å². The summed E-state index contributed by atoms with van der Waals surface area (Å²) in [6.45, 7) is 2.49. The first kappa shape index (κ1) is 13.2. The molecule has 1 aromatic carbocycles. The fraction of sp³-hybridized carbons (Fsp3) is 0.231. The summed E-state index contributed by atoms with van der Waals surface area (Å²) >= 11 is 0. The van der Waals surface area contributed by atoms with Crippen molar-refractivity contribution in [2.24, 2.45) is 0 Å². The van der Waals surface area contributed by atoms with Gasteiger partial charge >= 0.3 is 0 Å². The molecule has 0 aliphatic rings. The average Bonchev–Trinajstić information content (AvgIpc) is 2.41. The van der Waals surface area contributed by atoms with Gasteiger partial charge in [0.25, 0.3) is 0 Å². The molecular formula is C13H13F2N3O. The van der Waals surface area contributed by atoms with Gasteiger partial charge in [-0.3, -0.25) is 0 Å². The number of anilines is 1. The summed E-state index contributed by atoms with van der Waals surface area (Å²) in [4.78, 5) is 7.82. The zero-order chi connectivity index (χ0) is 13.8. The summed E-state index contributed by atoms with van der Waals surface area (Å²) in [5.41, 5.74) is 0.379. The van der Waals surface area contributed by atoms with Gasteiger partial charge < -0.3 is 10.1 Å². The van der Waals surface area contributed by atoms with Crippen LogP contribution in [0.1, 0.15) is 6.92 Å². The normalized spacial score (nSPS) is 10.3. The molecule has 0 aliphatic carbocycles. The first-order valence-corrected chi connectivity index (χ1v) is 5.76. The fourth-order valence-electron chi connectivity index (χ4n) is 1.63. The zero-order valence-electron chi connectivity index (χ0n) is 10.6. The molecule has 0 aliphatic heterocycles. The molecule has 0 fully saturated rings. The SMILES string of the molecule is CCNc1ncc(F)c(-c2ccc(OC)c(F)c2)n1. The number of rotatable bonds is 4. The van der Waals surface area contributed by atoms with Gasteiger partial charge in [-0.15, -0.1) is 0 Å². The lowest BCUT2D eigenvalue weighted by molar-refractivity contribution is 0.386. The molecule has 2 rings (SSSR count). The van der Waals surface area contributed by atoms with E-state index in [9.17, 15) is 8.78 Å². The van der Waals surface area contributed by atoms with E-state index < -0.39 is 11.6 Å². The van der Waals surface area contributed by atoms with Gasteiger partial charge in [-0.25, -0.2) is 18.7 Å². The van der Waals surface area contributed by atoms with Crippen LogP contribution in [-0.4, -0.2) is 23.6 Å². The van der Waals surface area contributed by atoms with Crippen molar-refractivity contribution in [3.05, 3.63) is 36.0 Å². The number of nitrogens with one attached hydrogen (secondary N) is 1. The van der Waals surface area contributed by atoms with Gasteiger partial charge in [0.1, 0.15) is 5.69 Å². The second kappa shape index (κ2) is 5.60. The molecule has 0 amide bonds. The lowest BCUT2D eigenvalue weighted by atomic mass is 10.1. The predicted molar refractivity (Wildman–Crippen MR) is 68.1 cm³/mol. The number of ether oxygens (including phenoxy) is 1. The highest BCUT2D eigenvalue weighted by Crippen LogP contribution is 2.26. The molecule has 0 spiro atoms. The van der Waals surface area contributed by atoms with Gasteiger partial charge in [0.05, 0.1) is 13.3 Å². The van der Waals surface area contributed by atoms with Gasteiger partial charge in [0, 0.05) is 12.1 Å². The second-order valence-corrected chi connectivity index (χ2v) is 3.77. The first-order valence-electron chi connectivity index (χ1n) is 5.76. The van der Waals surface area contributed by atoms with Crippen molar-refractivity contribution in [2.75, 3.05) is 19.0 Å². The van der Waals surface area contributed by atoms with E-state index in [1.165, 1.54) is 19.2 Å². The summed E-state index contributed by atoms with van der Waals surface area (Å²) in [6.07, 6.45) is 1.06. The third-order valence-electron chi connectivity index (χ3n) is 2.50. The summed E-state index contributed by atoms with van der Waals surface area (Å²) < 4.78 is 32.1. The van der Waals surface area contributed by atoms with Gasteiger partial charge in [0.15, 0.2) is 17.4 Å². The fourth-order valence-corrected chi connectivity index (χ4v) is 1.63. The Kier molecular flexibility index (Phi) is 3.89. The maximum absolute atomic E-state index is 13.7. The van der Waals surface area contributed by atoms with Crippen LogP contribution < -0.4 is 10.1 Å². The van der Waals surface area contributed by atoms with Crippen LogP contribution >= 0.6 is 0 Å². The summed E-state index contributed by atoms with van der Waals surface area (Å²) in [6, 6.07) is 4.15. The van der Waals surface area contributed by atoms with E-state index in [0.717, 1.165) is 6.20 Å². The third kappa shape index (κ3) is 2.78. The molecule has 1 aromatic heterocycles. The molecule has 0 saturated heterocycles. The Morgan fingerprint density at radius 1 is 1.26 bits per heavy atom. The molecule has 100 valence electrons. The van der Waals surface area contributed by atoms with Gasteiger partial charge in [-0.2, -0.15) is 0 Å². The molecular weight excluding hydrogens is 252 g/mol. The minimum atomic E-state index is -0.605. The number of aromatic nitrogens is 2. The van der Waals surface area contributed by atoms with E-state index >= 15 is 0 Å². The van der Waals surface area contributed by atoms with Crippen molar-refractivity contribution in [3.63, 3.8) is 0 Å². The van der Waals surface area contributed by atoms with E-state index in [4.69, 9.17) is 4.74 Å². The van der Waals surface area contributed by atoms with Crippen LogP contribution in [0.2, 0.25) is 0 Å². The highest BCUT2D eigenvalue weighted by molar-refractivity contribution is 5.62. The van der Waals surface area contributed by atoms with E-state index in [-0.39, 0.29) is 11.4 Å². The Hall–Kier alpha value is -2.24. The van der Waals surface area contributed by atoms with Gasteiger partial charge in [0.2, 0.25) is 5.95 Å². The van der Waals surface area contributed by atoms with Crippen LogP contribution in [-0.2, 0) is 0 Å². The molecule has 2 aromatic rings. The standard InChI is InChI=1S/C13H13F2N3O/c1-3-16-13-17-7-10(15)12(18-13)8-4-5-11(19-2)9(14)6-8/h4-7H,3H2,1-2H3,(H,16,17,18). The van der Waals surface area contributed by atoms with Gasteiger partial charge in [-0.1, -0.05) is 0 Å². The molecule has 0 unspecified atom stereocenters. The Morgan fingerprint density at radius 2 is 2.05 bits per heavy atom. The Bertz CT molecular complexity index is 590. The van der Waals surface area contributed by atoms with Crippen molar-refractivity contribution >= 4 is 5.95 Å². The van der Waals surface area contributed by atoms with Crippen molar-refractivity contribution in [3.8, 4) is 17.0 Å². The molecule has 19 heavy (non-hydrogen) atoms. The molecule has 0 radical (unpaired) electrons. The quantitative estimate of drug-likeness (QED) is 0.923. The van der Waals surface area contributed by atoms with Crippen molar-refractivity contribution in [2.45, 2.75) is 6.92 Å². The molecule has 0 atom stereocenters. The zero-order valence-corrected chi connectivity index (χ0v) is 10.6. The van der Waals surface area contributed by atoms with Crippen molar-refractivity contribution in [1.29, 1.82) is 0 Å². The number of methoxy groups -OCH3 is 1. The average molecular weight is 265 g/mol. The second-order valence-electron chi connectivity index (χ2n) is 3.77. The summed E-state index contributed by atoms with van der Waals surface area (Å²) in [5.74, 6) is -0.769. The molecule has 1 N–H and O–H groups in total. The number of benzene rings is 1. The largest absolute Gasteiger partial charge is 0.494 e. The first-order chi connectivity index (χ1) is 9.15. The maximum atomic E-state index is 13.7. The van der Waals surface area contributed by atoms with Crippen LogP contribution in [0.5, 0.6) is 5.75 Å². The van der Waals surface area contributed by atoms with Gasteiger partial charge in [-0.05, 0) is 25.1 Å². The topological polar surface area (TPSA) is 47.0 Å². The molecule has 0 bridgehead atoms. The highest BCUT2D eigenvalue weighted by Gasteiger charge is 2.12. The number of halogens is 2. The number of nitrogens with zero attached hydrogens (tertiary/aromatic N) is 2. The van der Waals surface area contributed by atoms with E-state index in [0.29, 0.717) is 18.1 Å². The summed E-state index contributed by atoms with van der Waals surface area (Å²) in [5, 5.41) is 2.87. The van der Waals surface area contributed by atoms with E-state index in [1.807, 2.05) is 6.92 Å². The van der Waals surface area contributed by atoms with Crippen molar-refractivity contribution < 1.29 is 13.5 Å². The molecule has 0 saturated carbocycles. The predicted octanol–water partition coefficient (Wildman–Crippen LogP) is 2.86. The minimum Gasteiger partial charge on any atom is -0.494 e. The van der Waals surface area contributed by atoms with Crippen LogP contribution in [0.3, 0.4) is 0 Å². The molecule has 4 nitrogen and oxygen atoms in total. The van der Waals surface area contributed by atoms with Crippen LogP contribution in [0, 0.1) is 11.6 Å². The lowest BCUT2D eigenvalue weighted by Gasteiger charge is -2.07. The summed E-state index contributed by atoms with van der Waals surface area (Å²) in [7, 11) is 1.37. The third-order valence-corrected chi connectivity index (χ3v) is 2.50. The van der Waals surface area contributed by atoms with Crippen LogP contribution in [0.25, 0.3) is 11.3 Å². The Labute approximate surface area is 109 Å². The minimum absolute atomic E-state index is 0.0486. The van der Waals surface area contributed by atoms with Crippen LogP contribution in [0.4, 0.5) is 14.7 Å². The lowest BCUT2D eigenvalue weighted by Crippen LogP contribution is -2.04. The molecule has 1 heterocycles. The smallest absolute Gasteiger partial charge is 0.223 e. The van der Waals surface area contributed by atoms with E-state index in [1.54, 1.807) is 6.07 Å². The Morgan fingerprint density at radius 3 is 2.68 bits per heavy atom. The monoisotopic (exact) mass is 265 g/mol.